The van der Waals surface area contributed by atoms with Crippen LogP contribution < -0.4 is 10.1 Å². The van der Waals surface area contributed by atoms with Crippen molar-refractivity contribution in [3.63, 3.8) is 0 Å². The standard InChI is InChI=1S/C17H23F3N2O3/c1-12(14-5-3-4-6-15(14)25-17(18,19)20)21-16(23)11-13-7-9-22(24-2)10-8-13/h3-6,12-13H,7-11H2,1-2H3,(H,21,23). The molecule has 1 heterocycles. The van der Waals surface area contributed by atoms with E-state index < -0.39 is 12.4 Å². The predicted octanol–water partition coefficient (Wildman–Crippen LogP) is 3.43. The Bertz CT molecular complexity index is 573. The molecule has 1 amide bonds. The van der Waals surface area contributed by atoms with Crippen LogP contribution in [0.3, 0.4) is 0 Å². The largest absolute Gasteiger partial charge is 0.573 e. The number of piperidine rings is 1. The molecular weight excluding hydrogens is 337 g/mol. The van der Waals surface area contributed by atoms with E-state index in [2.05, 4.69) is 10.1 Å². The van der Waals surface area contributed by atoms with Crippen molar-refractivity contribution < 1.29 is 27.5 Å². The van der Waals surface area contributed by atoms with Gasteiger partial charge in [-0.05, 0) is 31.7 Å². The topological polar surface area (TPSA) is 50.8 Å². The van der Waals surface area contributed by atoms with Gasteiger partial charge in [-0.25, -0.2) is 0 Å². The first-order chi connectivity index (χ1) is 11.8. The van der Waals surface area contributed by atoms with Gasteiger partial charge in [0.2, 0.25) is 5.91 Å². The Morgan fingerprint density at radius 1 is 1.32 bits per heavy atom. The summed E-state index contributed by atoms with van der Waals surface area (Å²) in [6, 6.07) is 5.25. The normalized spacial score (nSPS) is 18.0. The molecule has 5 nitrogen and oxygen atoms in total. The van der Waals surface area contributed by atoms with E-state index in [9.17, 15) is 18.0 Å². The van der Waals surface area contributed by atoms with Gasteiger partial charge in [0.1, 0.15) is 5.75 Å². The predicted molar refractivity (Wildman–Crippen MR) is 85.6 cm³/mol. The van der Waals surface area contributed by atoms with E-state index in [1.807, 2.05) is 5.06 Å². The molecule has 1 saturated heterocycles. The third-order valence-electron chi connectivity index (χ3n) is 4.29. The Balaban J connectivity index is 1.91. The fraction of sp³-hybridized carbons (Fsp3) is 0.588. The molecule has 0 aliphatic carbocycles. The minimum absolute atomic E-state index is 0.176. The molecule has 0 spiro atoms. The maximum atomic E-state index is 12.5. The number of benzene rings is 1. The number of ether oxygens (including phenoxy) is 1. The fourth-order valence-electron chi connectivity index (χ4n) is 2.99. The summed E-state index contributed by atoms with van der Waals surface area (Å²) in [6.45, 7) is 3.18. The smallest absolute Gasteiger partial charge is 0.405 e. The number of rotatable bonds is 6. The molecule has 0 radical (unpaired) electrons. The second kappa shape index (κ2) is 8.53. The van der Waals surface area contributed by atoms with Gasteiger partial charge in [-0.1, -0.05) is 18.2 Å². The first kappa shape index (κ1) is 19.5. The summed E-state index contributed by atoms with van der Waals surface area (Å²) in [4.78, 5) is 17.4. The number of halogens is 3. The molecule has 0 aromatic heterocycles. The molecule has 1 aromatic rings. The summed E-state index contributed by atoms with van der Waals surface area (Å²) in [5.74, 6) is -0.221. The summed E-state index contributed by atoms with van der Waals surface area (Å²) < 4.78 is 41.5. The SMILES string of the molecule is CON1CCC(CC(=O)NC(C)c2ccccc2OC(F)(F)F)CC1. The average molecular weight is 360 g/mol. The summed E-state index contributed by atoms with van der Waals surface area (Å²) >= 11 is 0. The molecule has 1 aliphatic heterocycles. The third-order valence-corrected chi connectivity index (χ3v) is 4.29. The number of carbonyl (C=O) groups excluding carboxylic acids is 1. The van der Waals surface area contributed by atoms with Crippen LogP contribution in [-0.4, -0.2) is 37.5 Å². The van der Waals surface area contributed by atoms with Crippen LogP contribution in [-0.2, 0) is 9.63 Å². The lowest BCUT2D eigenvalue weighted by Gasteiger charge is -2.30. The minimum Gasteiger partial charge on any atom is -0.405 e. The molecule has 1 unspecified atom stereocenters. The summed E-state index contributed by atoms with van der Waals surface area (Å²) in [5.41, 5.74) is 0.294. The highest BCUT2D eigenvalue weighted by Gasteiger charge is 2.32. The molecule has 1 aliphatic rings. The van der Waals surface area contributed by atoms with Crippen LogP contribution in [0.2, 0.25) is 0 Å². The number of para-hydroxylation sites is 1. The minimum atomic E-state index is -4.77. The maximum Gasteiger partial charge on any atom is 0.573 e. The number of hydrogen-bond donors (Lipinski definition) is 1. The Labute approximate surface area is 145 Å². The van der Waals surface area contributed by atoms with Gasteiger partial charge in [0, 0.05) is 25.1 Å². The van der Waals surface area contributed by atoms with E-state index in [-0.39, 0.29) is 17.6 Å². The van der Waals surface area contributed by atoms with Crippen molar-refractivity contribution in [1.29, 1.82) is 0 Å². The molecule has 2 rings (SSSR count). The van der Waals surface area contributed by atoms with E-state index >= 15 is 0 Å². The van der Waals surface area contributed by atoms with Crippen LogP contribution in [0.15, 0.2) is 24.3 Å². The molecule has 1 aromatic carbocycles. The van der Waals surface area contributed by atoms with Crippen molar-refractivity contribution in [3.8, 4) is 5.75 Å². The van der Waals surface area contributed by atoms with Crippen LogP contribution in [0.25, 0.3) is 0 Å². The molecule has 0 bridgehead atoms. The lowest BCUT2D eigenvalue weighted by molar-refractivity contribution is -0.275. The average Bonchev–Trinajstić information content (AvgIpc) is 2.54. The van der Waals surface area contributed by atoms with Gasteiger partial charge in [0.05, 0.1) is 13.2 Å². The number of hydrogen-bond acceptors (Lipinski definition) is 4. The summed E-state index contributed by atoms with van der Waals surface area (Å²) in [7, 11) is 1.62. The highest BCUT2D eigenvalue weighted by molar-refractivity contribution is 5.76. The monoisotopic (exact) mass is 360 g/mol. The first-order valence-electron chi connectivity index (χ1n) is 8.21. The van der Waals surface area contributed by atoms with Gasteiger partial charge in [0.25, 0.3) is 0 Å². The number of carbonyl (C=O) groups is 1. The van der Waals surface area contributed by atoms with E-state index in [0.717, 1.165) is 25.9 Å². The molecule has 140 valence electrons. The van der Waals surface area contributed by atoms with Crippen LogP contribution >= 0.6 is 0 Å². The van der Waals surface area contributed by atoms with E-state index in [1.54, 1.807) is 20.1 Å². The first-order valence-corrected chi connectivity index (χ1v) is 8.21. The van der Waals surface area contributed by atoms with E-state index in [0.29, 0.717) is 12.0 Å². The van der Waals surface area contributed by atoms with Crippen LogP contribution in [0.5, 0.6) is 5.75 Å². The zero-order chi connectivity index (χ0) is 18.4. The van der Waals surface area contributed by atoms with Crippen molar-refractivity contribution in [2.45, 2.75) is 38.6 Å². The zero-order valence-corrected chi connectivity index (χ0v) is 14.3. The lowest BCUT2D eigenvalue weighted by atomic mass is 9.94. The Morgan fingerprint density at radius 3 is 2.56 bits per heavy atom. The van der Waals surface area contributed by atoms with Crippen LogP contribution in [0, 0.1) is 5.92 Å². The number of nitrogens with zero attached hydrogens (tertiary/aromatic N) is 1. The number of nitrogens with one attached hydrogen (secondary N) is 1. The highest BCUT2D eigenvalue weighted by atomic mass is 19.4. The molecule has 1 fully saturated rings. The van der Waals surface area contributed by atoms with Crippen molar-refractivity contribution in [3.05, 3.63) is 29.8 Å². The van der Waals surface area contributed by atoms with Crippen molar-refractivity contribution in [1.82, 2.24) is 10.4 Å². The second-order valence-electron chi connectivity index (χ2n) is 6.13. The summed E-state index contributed by atoms with van der Waals surface area (Å²) in [6.07, 6.45) is -2.72. The number of alkyl halides is 3. The molecule has 1 N–H and O–H groups in total. The fourth-order valence-corrected chi connectivity index (χ4v) is 2.99. The lowest BCUT2D eigenvalue weighted by Crippen LogP contribution is -2.35. The van der Waals surface area contributed by atoms with Gasteiger partial charge in [-0.3, -0.25) is 4.79 Å². The molecule has 1 atom stereocenters. The highest BCUT2D eigenvalue weighted by Crippen LogP contribution is 2.30. The van der Waals surface area contributed by atoms with Crippen molar-refractivity contribution in [2.75, 3.05) is 20.2 Å². The van der Waals surface area contributed by atoms with Crippen LogP contribution in [0.1, 0.15) is 37.8 Å². The second-order valence-corrected chi connectivity index (χ2v) is 6.13. The van der Waals surface area contributed by atoms with Gasteiger partial charge in [0.15, 0.2) is 0 Å². The Morgan fingerprint density at radius 2 is 1.96 bits per heavy atom. The van der Waals surface area contributed by atoms with Gasteiger partial charge in [-0.2, -0.15) is 5.06 Å². The third kappa shape index (κ3) is 6.21. The van der Waals surface area contributed by atoms with Gasteiger partial charge < -0.3 is 14.9 Å². The van der Waals surface area contributed by atoms with Gasteiger partial charge in [-0.15, -0.1) is 13.2 Å². The number of amides is 1. The Kier molecular flexibility index (Phi) is 6.66. The molecule has 8 heteroatoms. The number of hydroxylamine groups is 2. The Hall–Kier alpha value is -1.80. The summed E-state index contributed by atoms with van der Waals surface area (Å²) in [5, 5.41) is 4.61. The quantitative estimate of drug-likeness (QED) is 0.845. The maximum absolute atomic E-state index is 12.5. The molecular formula is C17H23F3N2O3. The van der Waals surface area contributed by atoms with Crippen molar-refractivity contribution >= 4 is 5.91 Å². The van der Waals surface area contributed by atoms with Crippen molar-refractivity contribution in [2.24, 2.45) is 5.92 Å². The van der Waals surface area contributed by atoms with Crippen LogP contribution in [0.4, 0.5) is 13.2 Å². The van der Waals surface area contributed by atoms with E-state index in [1.165, 1.54) is 18.2 Å². The van der Waals surface area contributed by atoms with Gasteiger partial charge >= 0.3 is 6.36 Å². The van der Waals surface area contributed by atoms with E-state index in [4.69, 9.17) is 4.84 Å². The molecule has 0 saturated carbocycles. The zero-order valence-electron chi connectivity index (χ0n) is 14.3. The molecule has 25 heavy (non-hydrogen) atoms.